The zero-order valence-electron chi connectivity index (χ0n) is 16.0. The summed E-state index contributed by atoms with van der Waals surface area (Å²) >= 11 is 0. The van der Waals surface area contributed by atoms with Crippen molar-refractivity contribution < 1.29 is 17.9 Å². The van der Waals surface area contributed by atoms with Crippen LogP contribution in [0.3, 0.4) is 0 Å². The number of aromatic nitrogens is 2. The molecule has 0 saturated carbocycles. The molecule has 4 heterocycles. The normalized spacial score (nSPS) is 24.3. The first-order valence-electron chi connectivity index (χ1n) is 9.80. The number of carbonyl (C=O) groups is 1. The van der Waals surface area contributed by atoms with E-state index in [2.05, 4.69) is 9.97 Å². The minimum atomic E-state index is -3.33. The lowest BCUT2D eigenvalue weighted by Gasteiger charge is -2.33. The number of nitrogens with one attached hydrogen (secondary N) is 1. The van der Waals surface area contributed by atoms with Crippen LogP contribution in [0.25, 0.3) is 0 Å². The van der Waals surface area contributed by atoms with Crippen LogP contribution >= 0.6 is 0 Å². The first-order chi connectivity index (χ1) is 13.3. The molecule has 0 radical (unpaired) electrons. The van der Waals surface area contributed by atoms with Gasteiger partial charge in [-0.25, -0.2) is 13.4 Å². The number of rotatable bonds is 3. The molecule has 0 unspecified atom stereocenters. The van der Waals surface area contributed by atoms with Gasteiger partial charge < -0.3 is 14.6 Å². The molecule has 2 fully saturated rings. The molecule has 3 aliphatic rings. The van der Waals surface area contributed by atoms with Crippen molar-refractivity contribution in [3.63, 3.8) is 0 Å². The Labute approximate surface area is 164 Å². The molecule has 154 valence electrons. The minimum absolute atomic E-state index is 0.0729. The summed E-state index contributed by atoms with van der Waals surface area (Å²) in [6.07, 6.45) is 4.52. The highest BCUT2D eigenvalue weighted by atomic mass is 32.2. The molecule has 0 spiro atoms. The van der Waals surface area contributed by atoms with Crippen molar-refractivity contribution in [1.82, 2.24) is 19.2 Å². The van der Waals surface area contributed by atoms with E-state index in [1.807, 2.05) is 4.90 Å². The summed E-state index contributed by atoms with van der Waals surface area (Å²) in [7, 11) is -3.33. The molecule has 0 bridgehead atoms. The molecule has 0 aliphatic carbocycles. The third-order valence-corrected chi connectivity index (χ3v) is 7.17. The van der Waals surface area contributed by atoms with Crippen LogP contribution in [0.4, 0.5) is 0 Å². The fraction of sp³-hybridized carbons (Fsp3) is 0.722. The molecule has 0 aromatic carbocycles. The average molecular weight is 410 g/mol. The Morgan fingerprint density at radius 2 is 1.96 bits per heavy atom. The number of hydrogen-bond donors (Lipinski definition) is 1. The highest BCUT2D eigenvalue weighted by Gasteiger charge is 2.33. The molecular weight excluding hydrogens is 384 g/mol. The van der Waals surface area contributed by atoms with E-state index < -0.39 is 10.0 Å². The number of ether oxygens (including phenoxy) is 1. The van der Waals surface area contributed by atoms with Crippen molar-refractivity contribution in [2.24, 2.45) is 0 Å². The summed E-state index contributed by atoms with van der Waals surface area (Å²) in [5.74, 6) is 0.823. The summed E-state index contributed by atoms with van der Waals surface area (Å²) in [4.78, 5) is 34.4. The highest BCUT2D eigenvalue weighted by molar-refractivity contribution is 7.88. The summed E-state index contributed by atoms with van der Waals surface area (Å²) in [5.41, 5.74) is 0.870. The van der Waals surface area contributed by atoms with E-state index >= 15 is 0 Å². The third kappa shape index (κ3) is 3.85. The fourth-order valence-electron chi connectivity index (χ4n) is 4.25. The van der Waals surface area contributed by atoms with E-state index in [1.54, 1.807) is 0 Å². The van der Waals surface area contributed by atoms with Gasteiger partial charge in [0.25, 0.3) is 11.5 Å². The summed E-state index contributed by atoms with van der Waals surface area (Å²) in [6.45, 7) is 2.34. The van der Waals surface area contributed by atoms with Crippen LogP contribution in [0.1, 0.15) is 48.7 Å². The number of hydrogen-bond acceptors (Lipinski definition) is 6. The number of carbonyl (C=O) groups excluding carboxylic acids is 1. The van der Waals surface area contributed by atoms with Gasteiger partial charge in [0, 0.05) is 45.1 Å². The number of amides is 1. The number of H-pyrrole nitrogens is 1. The average Bonchev–Trinajstić information content (AvgIpc) is 3.21. The SMILES string of the molecule is CS(=O)(=O)N1CCc2nc(C3CCN(C(=O)[C@H]4CCCO4)CC3)[nH]c(=O)c2C1. The van der Waals surface area contributed by atoms with Gasteiger partial charge >= 0.3 is 0 Å². The topological polar surface area (TPSA) is 113 Å². The van der Waals surface area contributed by atoms with Gasteiger partial charge in [-0.2, -0.15) is 4.31 Å². The molecule has 1 aromatic heterocycles. The number of likely N-dealkylation sites (tertiary alicyclic amines) is 1. The van der Waals surface area contributed by atoms with Crippen LogP contribution < -0.4 is 5.56 Å². The zero-order chi connectivity index (χ0) is 19.9. The Morgan fingerprint density at radius 1 is 1.21 bits per heavy atom. The second kappa shape index (κ2) is 7.57. The molecule has 10 heteroatoms. The monoisotopic (exact) mass is 410 g/mol. The summed E-state index contributed by atoms with van der Waals surface area (Å²) < 4.78 is 30.3. The van der Waals surface area contributed by atoms with Crippen LogP contribution in [-0.2, 0) is 32.5 Å². The standard InChI is InChI=1S/C18H26N4O5S/c1-28(25,26)22-9-6-14-13(11-22)17(23)20-16(19-14)12-4-7-21(8-5-12)18(24)15-3-2-10-27-15/h12,15H,2-11H2,1H3,(H,19,20,23)/t15-/m1/s1. The van der Waals surface area contributed by atoms with Gasteiger partial charge in [0.2, 0.25) is 10.0 Å². The Balaban J connectivity index is 1.44. The van der Waals surface area contributed by atoms with Gasteiger partial charge in [-0.3, -0.25) is 9.59 Å². The van der Waals surface area contributed by atoms with E-state index in [1.165, 1.54) is 4.31 Å². The maximum atomic E-state index is 12.5. The van der Waals surface area contributed by atoms with Gasteiger partial charge in [0.05, 0.1) is 17.5 Å². The molecule has 1 N–H and O–H groups in total. The van der Waals surface area contributed by atoms with Crippen molar-refractivity contribution in [2.45, 2.75) is 50.7 Å². The van der Waals surface area contributed by atoms with Crippen molar-refractivity contribution >= 4 is 15.9 Å². The van der Waals surface area contributed by atoms with Gasteiger partial charge in [-0.05, 0) is 25.7 Å². The fourth-order valence-corrected chi connectivity index (χ4v) is 5.03. The molecular formula is C18H26N4O5S. The molecule has 1 atom stereocenters. The van der Waals surface area contributed by atoms with Crippen LogP contribution in [0.2, 0.25) is 0 Å². The molecule has 3 aliphatic heterocycles. The van der Waals surface area contributed by atoms with Gasteiger partial charge in [0.1, 0.15) is 11.9 Å². The summed E-state index contributed by atoms with van der Waals surface area (Å²) in [6, 6.07) is 0. The van der Waals surface area contributed by atoms with E-state index in [0.29, 0.717) is 49.7 Å². The number of sulfonamides is 1. The van der Waals surface area contributed by atoms with Crippen LogP contribution in [-0.4, -0.2) is 72.1 Å². The van der Waals surface area contributed by atoms with Crippen molar-refractivity contribution in [3.8, 4) is 0 Å². The lowest BCUT2D eigenvalue weighted by atomic mass is 9.95. The Hall–Kier alpha value is -1.78. The van der Waals surface area contributed by atoms with Gasteiger partial charge in [-0.1, -0.05) is 0 Å². The van der Waals surface area contributed by atoms with Gasteiger partial charge in [0.15, 0.2) is 0 Å². The van der Waals surface area contributed by atoms with Crippen molar-refractivity contribution in [2.75, 3.05) is 32.5 Å². The minimum Gasteiger partial charge on any atom is -0.368 e. The molecule has 2 saturated heterocycles. The Bertz CT molecular complexity index is 914. The zero-order valence-corrected chi connectivity index (χ0v) is 16.8. The lowest BCUT2D eigenvalue weighted by Crippen LogP contribution is -2.44. The third-order valence-electron chi connectivity index (χ3n) is 5.92. The smallest absolute Gasteiger partial charge is 0.255 e. The maximum absolute atomic E-state index is 12.5. The summed E-state index contributed by atoms with van der Waals surface area (Å²) in [5, 5.41) is 0. The van der Waals surface area contributed by atoms with E-state index in [0.717, 1.165) is 31.9 Å². The number of aromatic amines is 1. The number of piperidine rings is 1. The van der Waals surface area contributed by atoms with Crippen molar-refractivity contribution in [3.05, 3.63) is 27.4 Å². The number of nitrogens with zero attached hydrogens (tertiary/aromatic N) is 3. The first kappa shape index (κ1) is 19.5. The second-order valence-electron chi connectivity index (χ2n) is 7.82. The van der Waals surface area contributed by atoms with Crippen LogP contribution in [0, 0.1) is 0 Å². The molecule has 9 nitrogen and oxygen atoms in total. The molecule has 1 amide bonds. The van der Waals surface area contributed by atoms with Crippen LogP contribution in [0.15, 0.2) is 4.79 Å². The predicted octanol–water partition coefficient (Wildman–Crippen LogP) is -0.0274. The Morgan fingerprint density at radius 3 is 2.61 bits per heavy atom. The highest BCUT2D eigenvalue weighted by Crippen LogP contribution is 2.28. The second-order valence-corrected chi connectivity index (χ2v) is 9.81. The number of fused-ring (bicyclic) bond motifs is 1. The first-order valence-corrected chi connectivity index (χ1v) is 11.7. The molecule has 28 heavy (non-hydrogen) atoms. The largest absolute Gasteiger partial charge is 0.368 e. The van der Waals surface area contributed by atoms with E-state index in [4.69, 9.17) is 4.74 Å². The molecule has 4 rings (SSSR count). The van der Waals surface area contributed by atoms with Gasteiger partial charge in [-0.15, -0.1) is 0 Å². The predicted molar refractivity (Wildman–Crippen MR) is 101 cm³/mol. The quantitative estimate of drug-likeness (QED) is 0.749. The lowest BCUT2D eigenvalue weighted by molar-refractivity contribution is -0.142. The maximum Gasteiger partial charge on any atom is 0.255 e. The van der Waals surface area contributed by atoms with E-state index in [9.17, 15) is 18.0 Å². The Kier molecular flexibility index (Phi) is 5.28. The van der Waals surface area contributed by atoms with E-state index in [-0.39, 0.29) is 30.0 Å². The molecule has 1 aromatic rings. The van der Waals surface area contributed by atoms with Crippen molar-refractivity contribution in [1.29, 1.82) is 0 Å². The van der Waals surface area contributed by atoms with Crippen LogP contribution in [0.5, 0.6) is 0 Å².